The molecular formula is C20H22ClN3O4. The van der Waals surface area contributed by atoms with Gasteiger partial charge in [0.25, 0.3) is 5.91 Å². The van der Waals surface area contributed by atoms with E-state index in [2.05, 4.69) is 10.6 Å². The summed E-state index contributed by atoms with van der Waals surface area (Å²) in [5, 5.41) is 5.52. The Morgan fingerprint density at radius 1 is 1.11 bits per heavy atom. The van der Waals surface area contributed by atoms with Crippen molar-refractivity contribution < 1.29 is 19.1 Å². The SMILES string of the molecule is Cc1cc(C)cc(NC(=O)COC(=O)C[C@H](NC(N)=O)c2ccccc2Cl)c1. The number of nitrogens with two attached hydrogens (primary N) is 1. The summed E-state index contributed by atoms with van der Waals surface area (Å²) in [6.45, 7) is 3.39. The molecule has 4 N–H and O–H groups in total. The molecule has 0 aliphatic carbocycles. The number of benzene rings is 2. The van der Waals surface area contributed by atoms with Gasteiger partial charge in [-0.05, 0) is 48.7 Å². The van der Waals surface area contributed by atoms with E-state index in [1.807, 2.05) is 32.0 Å². The number of amides is 3. The number of halogens is 1. The third kappa shape index (κ3) is 6.59. The number of ether oxygens (including phenoxy) is 1. The quantitative estimate of drug-likeness (QED) is 0.616. The number of urea groups is 1. The summed E-state index contributed by atoms with van der Waals surface area (Å²) >= 11 is 6.12. The minimum Gasteiger partial charge on any atom is -0.455 e. The normalized spacial score (nSPS) is 11.4. The third-order valence-corrected chi connectivity index (χ3v) is 4.18. The van der Waals surface area contributed by atoms with Crippen LogP contribution >= 0.6 is 11.6 Å². The molecule has 3 amide bonds. The zero-order valence-electron chi connectivity index (χ0n) is 15.6. The van der Waals surface area contributed by atoms with E-state index in [1.165, 1.54) is 0 Å². The van der Waals surface area contributed by atoms with Gasteiger partial charge < -0.3 is 21.1 Å². The number of nitrogens with one attached hydrogen (secondary N) is 2. The highest BCUT2D eigenvalue weighted by Gasteiger charge is 2.21. The first-order chi connectivity index (χ1) is 13.2. The molecule has 0 aliphatic rings. The van der Waals surface area contributed by atoms with E-state index < -0.39 is 30.6 Å². The lowest BCUT2D eigenvalue weighted by Crippen LogP contribution is -2.35. The van der Waals surface area contributed by atoms with Gasteiger partial charge in [0.15, 0.2) is 6.61 Å². The van der Waals surface area contributed by atoms with Crippen LogP contribution in [0.3, 0.4) is 0 Å². The van der Waals surface area contributed by atoms with E-state index in [-0.39, 0.29) is 6.42 Å². The Kier molecular flexibility index (Phi) is 7.40. The number of primary amides is 1. The Morgan fingerprint density at radius 3 is 2.36 bits per heavy atom. The van der Waals surface area contributed by atoms with Crippen molar-refractivity contribution >= 4 is 35.2 Å². The maximum atomic E-state index is 12.1. The highest BCUT2D eigenvalue weighted by molar-refractivity contribution is 6.31. The van der Waals surface area contributed by atoms with Gasteiger partial charge >= 0.3 is 12.0 Å². The van der Waals surface area contributed by atoms with Crippen molar-refractivity contribution in [2.45, 2.75) is 26.3 Å². The van der Waals surface area contributed by atoms with Gasteiger partial charge in [-0.25, -0.2) is 4.79 Å². The van der Waals surface area contributed by atoms with Crippen molar-refractivity contribution in [3.8, 4) is 0 Å². The van der Waals surface area contributed by atoms with Crippen molar-refractivity contribution in [1.29, 1.82) is 0 Å². The lowest BCUT2D eigenvalue weighted by Gasteiger charge is -2.18. The van der Waals surface area contributed by atoms with Crippen LogP contribution in [0, 0.1) is 13.8 Å². The molecule has 2 aromatic carbocycles. The van der Waals surface area contributed by atoms with Gasteiger partial charge in [-0.15, -0.1) is 0 Å². The second kappa shape index (κ2) is 9.75. The molecule has 0 bridgehead atoms. The van der Waals surface area contributed by atoms with E-state index in [0.29, 0.717) is 16.3 Å². The number of carbonyl (C=O) groups excluding carboxylic acids is 3. The maximum Gasteiger partial charge on any atom is 0.312 e. The molecule has 0 saturated carbocycles. The zero-order chi connectivity index (χ0) is 20.7. The highest BCUT2D eigenvalue weighted by atomic mass is 35.5. The number of aryl methyl sites for hydroxylation is 2. The van der Waals surface area contributed by atoms with Crippen LogP contribution in [0.15, 0.2) is 42.5 Å². The Bertz CT molecular complexity index is 865. The van der Waals surface area contributed by atoms with Gasteiger partial charge in [-0.3, -0.25) is 9.59 Å². The Labute approximate surface area is 168 Å². The average molecular weight is 404 g/mol. The van der Waals surface area contributed by atoms with E-state index in [9.17, 15) is 14.4 Å². The molecule has 1 atom stereocenters. The lowest BCUT2D eigenvalue weighted by molar-refractivity contribution is -0.147. The predicted molar refractivity (Wildman–Crippen MR) is 107 cm³/mol. The van der Waals surface area contributed by atoms with Crippen molar-refractivity contribution in [3.05, 3.63) is 64.2 Å². The Morgan fingerprint density at radius 2 is 1.75 bits per heavy atom. The monoisotopic (exact) mass is 403 g/mol. The van der Waals surface area contributed by atoms with Crippen LogP contribution in [0.4, 0.5) is 10.5 Å². The molecule has 2 aromatic rings. The molecule has 148 valence electrons. The van der Waals surface area contributed by atoms with Crippen LogP contribution in [0.5, 0.6) is 0 Å². The van der Waals surface area contributed by atoms with Crippen molar-refractivity contribution in [2.24, 2.45) is 5.73 Å². The molecule has 0 radical (unpaired) electrons. The molecule has 7 nitrogen and oxygen atoms in total. The second-order valence-corrected chi connectivity index (χ2v) is 6.78. The van der Waals surface area contributed by atoms with Gasteiger partial charge in [-0.2, -0.15) is 0 Å². The van der Waals surface area contributed by atoms with E-state index in [1.54, 1.807) is 24.3 Å². The van der Waals surface area contributed by atoms with Crippen LogP contribution in [-0.2, 0) is 14.3 Å². The molecule has 8 heteroatoms. The summed E-state index contributed by atoms with van der Waals surface area (Å²) in [5.74, 6) is -1.13. The summed E-state index contributed by atoms with van der Waals surface area (Å²) < 4.78 is 5.02. The van der Waals surface area contributed by atoms with E-state index in [0.717, 1.165) is 11.1 Å². The standard InChI is InChI=1S/C20H22ClN3O4/c1-12-7-13(2)9-14(8-12)23-18(25)11-28-19(26)10-17(24-20(22)27)15-5-3-4-6-16(15)21/h3-9,17H,10-11H2,1-2H3,(H,23,25)(H3,22,24,27)/t17-/m0/s1. The first-order valence-corrected chi connectivity index (χ1v) is 8.96. The summed E-state index contributed by atoms with van der Waals surface area (Å²) in [5.41, 5.74) is 8.35. The van der Waals surface area contributed by atoms with Crippen molar-refractivity contribution in [1.82, 2.24) is 5.32 Å². The zero-order valence-corrected chi connectivity index (χ0v) is 16.4. The Hall–Kier alpha value is -3.06. The lowest BCUT2D eigenvalue weighted by atomic mass is 10.0. The van der Waals surface area contributed by atoms with Gasteiger partial charge in [0, 0.05) is 10.7 Å². The molecule has 28 heavy (non-hydrogen) atoms. The fourth-order valence-corrected chi connectivity index (χ4v) is 3.05. The molecule has 0 unspecified atom stereocenters. The number of hydrogen-bond donors (Lipinski definition) is 3. The summed E-state index contributed by atoms with van der Waals surface area (Å²) in [6.07, 6.45) is -0.219. The van der Waals surface area contributed by atoms with Crippen LogP contribution in [-0.4, -0.2) is 24.5 Å². The average Bonchev–Trinajstić information content (AvgIpc) is 2.58. The first kappa shape index (κ1) is 21.2. The topological polar surface area (TPSA) is 111 Å². The van der Waals surface area contributed by atoms with Crippen LogP contribution in [0.25, 0.3) is 0 Å². The summed E-state index contributed by atoms with van der Waals surface area (Å²) in [6, 6.07) is 10.8. The van der Waals surface area contributed by atoms with Crippen LogP contribution in [0.1, 0.15) is 29.2 Å². The molecule has 0 saturated heterocycles. The van der Waals surface area contributed by atoms with Gasteiger partial charge in [0.1, 0.15) is 0 Å². The number of hydrogen-bond acceptors (Lipinski definition) is 4. The minimum atomic E-state index is -0.801. The number of esters is 1. The molecule has 2 rings (SSSR count). The largest absolute Gasteiger partial charge is 0.455 e. The number of carbonyl (C=O) groups is 3. The van der Waals surface area contributed by atoms with Gasteiger partial charge in [0.05, 0.1) is 12.5 Å². The first-order valence-electron chi connectivity index (χ1n) is 8.58. The van der Waals surface area contributed by atoms with Gasteiger partial charge in [0.2, 0.25) is 0 Å². The van der Waals surface area contributed by atoms with E-state index >= 15 is 0 Å². The minimum absolute atomic E-state index is 0.219. The molecule has 0 heterocycles. The molecule has 0 spiro atoms. The number of anilines is 1. The van der Waals surface area contributed by atoms with Crippen LogP contribution in [0.2, 0.25) is 5.02 Å². The maximum absolute atomic E-state index is 12.1. The molecule has 0 fully saturated rings. The molecular weight excluding hydrogens is 382 g/mol. The third-order valence-electron chi connectivity index (χ3n) is 3.84. The fourth-order valence-electron chi connectivity index (χ4n) is 2.78. The summed E-state index contributed by atoms with van der Waals surface area (Å²) in [7, 11) is 0. The molecule has 0 aromatic heterocycles. The van der Waals surface area contributed by atoms with Crippen molar-refractivity contribution in [2.75, 3.05) is 11.9 Å². The smallest absolute Gasteiger partial charge is 0.312 e. The number of rotatable bonds is 7. The Balaban J connectivity index is 1.94. The molecule has 0 aliphatic heterocycles. The predicted octanol–water partition coefficient (Wildman–Crippen LogP) is 3.24. The second-order valence-electron chi connectivity index (χ2n) is 6.37. The van der Waals surface area contributed by atoms with Gasteiger partial charge in [-0.1, -0.05) is 35.9 Å². The van der Waals surface area contributed by atoms with E-state index in [4.69, 9.17) is 22.1 Å². The highest BCUT2D eigenvalue weighted by Crippen LogP contribution is 2.25. The van der Waals surface area contributed by atoms with Crippen LogP contribution < -0.4 is 16.4 Å². The summed E-state index contributed by atoms with van der Waals surface area (Å²) in [4.78, 5) is 35.4. The van der Waals surface area contributed by atoms with Crippen molar-refractivity contribution in [3.63, 3.8) is 0 Å². The fraction of sp³-hybridized carbons (Fsp3) is 0.250.